The Balaban J connectivity index is 1.75. The van der Waals surface area contributed by atoms with Gasteiger partial charge in [-0.05, 0) is 78.4 Å². The molecule has 0 bridgehead atoms. The van der Waals surface area contributed by atoms with Gasteiger partial charge >= 0.3 is 0 Å². The van der Waals surface area contributed by atoms with Gasteiger partial charge in [0.2, 0.25) is 5.88 Å². The summed E-state index contributed by atoms with van der Waals surface area (Å²) in [6.45, 7) is 6.90. The molecule has 0 spiro atoms. The molecule has 6 nitrogen and oxygen atoms in total. The normalized spacial score (nSPS) is 16.5. The predicted octanol–water partition coefficient (Wildman–Crippen LogP) is 5.07. The van der Waals surface area contributed by atoms with E-state index in [9.17, 15) is 0 Å². The van der Waals surface area contributed by atoms with Crippen LogP contribution in [0.4, 0.5) is 5.69 Å². The largest absolute Gasteiger partial charge is 0.473 e. The van der Waals surface area contributed by atoms with E-state index in [4.69, 9.17) is 9.57 Å². The number of aryl methyl sites for hydroxylation is 2. The van der Waals surface area contributed by atoms with Crippen molar-refractivity contribution in [3.63, 3.8) is 0 Å². The van der Waals surface area contributed by atoms with Gasteiger partial charge in [0, 0.05) is 20.0 Å². The van der Waals surface area contributed by atoms with Crippen molar-refractivity contribution in [2.75, 3.05) is 20.7 Å². The number of hydrogen-bond donors (Lipinski definition) is 0. The molecular formula is C23H29BrN4O2. The number of rotatable bonds is 7. The van der Waals surface area contributed by atoms with Crippen LogP contribution in [0.3, 0.4) is 0 Å². The van der Waals surface area contributed by atoms with E-state index in [-0.39, 0.29) is 6.10 Å². The number of aromatic nitrogens is 1. The van der Waals surface area contributed by atoms with E-state index in [1.807, 2.05) is 38.2 Å². The van der Waals surface area contributed by atoms with Crippen molar-refractivity contribution < 1.29 is 9.57 Å². The average molecular weight is 473 g/mol. The number of benzene rings is 1. The maximum Gasteiger partial charge on any atom is 0.228 e. The van der Waals surface area contributed by atoms with Crippen molar-refractivity contribution in [3.05, 3.63) is 51.1 Å². The van der Waals surface area contributed by atoms with Crippen LogP contribution < -0.4 is 4.74 Å². The van der Waals surface area contributed by atoms with E-state index < -0.39 is 0 Å². The molecule has 7 heteroatoms. The van der Waals surface area contributed by atoms with E-state index in [0.29, 0.717) is 5.88 Å². The van der Waals surface area contributed by atoms with Gasteiger partial charge in [-0.1, -0.05) is 17.3 Å². The van der Waals surface area contributed by atoms with Crippen LogP contribution in [0.1, 0.15) is 42.7 Å². The van der Waals surface area contributed by atoms with Crippen LogP contribution in [-0.4, -0.2) is 48.7 Å². The van der Waals surface area contributed by atoms with Gasteiger partial charge in [-0.15, -0.1) is 0 Å². The quantitative estimate of drug-likeness (QED) is 0.320. The molecular weight excluding hydrogens is 444 g/mol. The first-order chi connectivity index (χ1) is 14.4. The molecule has 0 N–H and O–H groups in total. The van der Waals surface area contributed by atoms with Gasteiger partial charge in [0.25, 0.3) is 0 Å². The first-order valence-corrected chi connectivity index (χ1v) is 11.0. The molecule has 1 aromatic heterocycles. The fraction of sp³-hybridized carbons (Fsp3) is 0.435. The minimum atomic E-state index is 0.0798. The molecule has 1 unspecified atom stereocenters. The maximum absolute atomic E-state index is 6.30. The smallest absolute Gasteiger partial charge is 0.228 e. The molecule has 0 fully saturated rings. The highest BCUT2D eigenvalue weighted by Gasteiger charge is 2.22. The minimum Gasteiger partial charge on any atom is -0.473 e. The number of fused-ring (bicyclic) bond motifs is 1. The van der Waals surface area contributed by atoms with Gasteiger partial charge in [-0.3, -0.25) is 0 Å². The van der Waals surface area contributed by atoms with Crippen molar-refractivity contribution in [3.8, 4) is 5.88 Å². The maximum atomic E-state index is 6.30. The number of nitrogens with zero attached hydrogens (tertiary/aromatic N) is 4. The number of hydrogen-bond acceptors (Lipinski definition) is 5. The summed E-state index contributed by atoms with van der Waals surface area (Å²) in [5, 5.41) is 4.05. The Morgan fingerprint density at radius 3 is 2.87 bits per heavy atom. The topological polar surface area (TPSA) is 59.3 Å². The molecule has 160 valence electrons. The third-order valence-corrected chi connectivity index (χ3v) is 5.88. The Morgan fingerprint density at radius 2 is 2.13 bits per heavy atom. The third-order valence-electron chi connectivity index (χ3n) is 5.31. The van der Waals surface area contributed by atoms with Crippen LogP contribution in [0.5, 0.6) is 5.88 Å². The Hall–Kier alpha value is -2.41. The zero-order chi connectivity index (χ0) is 21.7. The highest BCUT2D eigenvalue weighted by Crippen LogP contribution is 2.32. The first kappa shape index (κ1) is 22.3. The van der Waals surface area contributed by atoms with E-state index in [0.717, 1.165) is 52.9 Å². The monoisotopic (exact) mass is 472 g/mol. The van der Waals surface area contributed by atoms with Crippen molar-refractivity contribution in [2.24, 2.45) is 10.1 Å². The summed E-state index contributed by atoms with van der Waals surface area (Å²) in [5.41, 5.74) is 6.29. The summed E-state index contributed by atoms with van der Waals surface area (Å²) in [4.78, 5) is 16.1. The number of halogens is 1. The Morgan fingerprint density at radius 1 is 1.33 bits per heavy atom. The molecule has 0 amide bonds. The SMILES string of the molecule is CCN(C)/C=N/c1cc(Br)c(OC2CCc3ccc(/C(C)=N/OC)cc3C2)nc1C. The predicted molar refractivity (Wildman–Crippen MR) is 125 cm³/mol. The molecule has 1 atom stereocenters. The van der Waals surface area contributed by atoms with Crippen molar-refractivity contribution >= 4 is 33.7 Å². The number of aliphatic imine (C=N–C) groups is 1. The van der Waals surface area contributed by atoms with Gasteiger partial charge < -0.3 is 14.5 Å². The fourth-order valence-corrected chi connectivity index (χ4v) is 3.80. The van der Waals surface area contributed by atoms with Crippen LogP contribution in [0.2, 0.25) is 0 Å². The van der Waals surface area contributed by atoms with Crippen LogP contribution in [0.25, 0.3) is 0 Å². The molecule has 1 heterocycles. The molecule has 1 aliphatic carbocycles. The van der Waals surface area contributed by atoms with Crippen molar-refractivity contribution in [2.45, 2.75) is 46.1 Å². The van der Waals surface area contributed by atoms with Crippen LogP contribution in [0, 0.1) is 6.92 Å². The summed E-state index contributed by atoms with van der Waals surface area (Å²) in [6, 6.07) is 8.46. The second kappa shape index (κ2) is 10.1. The standard InChI is InChI=1S/C23H29BrN4O2/c1-6-28(4)14-25-22-13-21(24)23(26-16(22)3)30-20-10-9-17-7-8-18(11-19(17)12-20)15(2)27-29-5/h7-8,11,13-14,20H,6,9-10,12H2,1-5H3/b25-14+,27-15+. The van der Waals surface area contributed by atoms with E-state index in [1.165, 1.54) is 11.1 Å². The summed E-state index contributed by atoms with van der Waals surface area (Å²) >= 11 is 3.61. The molecule has 1 aromatic carbocycles. The zero-order valence-corrected chi connectivity index (χ0v) is 19.9. The van der Waals surface area contributed by atoms with Crippen LogP contribution in [0.15, 0.2) is 38.9 Å². The number of pyridine rings is 1. The summed E-state index contributed by atoms with van der Waals surface area (Å²) in [7, 11) is 3.56. The Kier molecular flexibility index (Phi) is 7.48. The van der Waals surface area contributed by atoms with E-state index >= 15 is 0 Å². The lowest BCUT2D eigenvalue weighted by Crippen LogP contribution is -2.26. The van der Waals surface area contributed by atoms with Gasteiger partial charge in [0.1, 0.15) is 13.2 Å². The molecule has 3 rings (SSSR count). The highest BCUT2D eigenvalue weighted by molar-refractivity contribution is 9.10. The van der Waals surface area contributed by atoms with Gasteiger partial charge in [0.15, 0.2) is 0 Å². The summed E-state index contributed by atoms with van der Waals surface area (Å²) in [5.74, 6) is 0.622. The minimum absolute atomic E-state index is 0.0798. The number of ether oxygens (including phenoxy) is 1. The molecule has 0 saturated carbocycles. The Labute approximate surface area is 187 Å². The van der Waals surface area contributed by atoms with Crippen molar-refractivity contribution in [1.29, 1.82) is 0 Å². The van der Waals surface area contributed by atoms with Crippen molar-refractivity contribution in [1.82, 2.24) is 9.88 Å². The molecule has 0 aliphatic heterocycles. The summed E-state index contributed by atoms with van der Waals surface area (Å²) in [6.07, 6.45) is 4.70. The molecule has 30 heavy (non-hydrogen) atoms. The van der Waals surface area contributed by atoms with Gasteiger partial charge in [-0.25, -0.2) is 9.98 Å². The first-order valence-electron chi connectivity index (χ1n) is 10.2. The molecule has 2 aromatic rings. The molecule has 1 aliphatic rings. The Bertz CT molecular complexity index is 958. The molecule has 0 saturated heterocycles. The fourth-order valence-electron chi connectivity index (χ4n) is 3.40. The van der Waals surface area contributed by atoms with Gasteiger partial charge in [-0.2, -0.15) is 0 Å². The second-order valence-corrected chi connectivity index (χ2v) is 8.38. The average Bonchev–Trinajstić information content (AvgIpc) is 2.74. The van der Waals surface area contributed by atoms with Gasteiger partial charge in [0.05, 0.1) is 27.9 Å². The molecule has 0 radical (unpaired) electrons. The van der Waals surface area contributed by atoms with E-state index in [2.05, 4.69) is 56.2 Å². The second-order valence-electron chi connectivity index (χ2n) is 7.52. The van der Waals surface area contributed by atoms with E-state index in [1.54, 1.807) is 7.11 Å². The highest BCUT2D eigenvalue weighted by atomic mass is 79.9. The zero-order valence-electron chi connectivity index (χ0n) is 18.3. The summed E-state index contributed by atoms with van der Waals surface area (Å²) < 4.78 is 7.12. The van der Waals surface area contributed by atoms with Crippen LogP contribution in [-0.2, 0) is 17.7 Å². The number of oxime groups is 1. The lowest BCUT2D eigenvalue weighted by atomic mass is 9.88. The lowest BCUT2D eigenvalue weighted by molar-refractivity contribution is 0.175. The van der Waals surface area contributed by atoms with Crippen LogP contribution >= 0.6 is 15.9 Å². The third kappa shape index (κ3) is 5.39. The lowest BCUT2D eigenvalue weighted by Gasteiger charge is -2.26.